The lowest BCUT2D eigenvalue weighted by Crippen LogP contribution is -2.19. The molecule has 2 N–H and O–H groups in total. The number of methoxy groups -OCH3 is 1. The predicted molar refractivity (Wildman–Crippen MR) is 59.2 cm³/mol. The number of hydrogen-bond donors (Lipinski definition) is 2. The average molecular weight is 210 g/mol. The molecule has 84 valence electrons. The van der Waals surface area contributed by atoms with Crippen LogP contribution < -0.4 is 4.74 Å². The van der Waals surface area contributed by atoms with E-state index in [1.165, 1.54) is 7.11 Å². The van der Waals surface area contributed by atoms with Gasteiger partial charge in [0, 0.05) is 6.61 Å². The molecule has 3 nitrogen and oxygen atoms in total. The molecule has 0 aliphatic heterocycles. The Kier molecular flexibility index (Phi) is 3.58. The highest BCUT2D eigenvalue weighted by Crippen LogP contribution is 2.33. The van der Waals surface area contributed by atoms with E-state index < -0.39 is 0 Å². The maximum atomic E-state index is 9.84. The zero-order valence-corrected chi connectivity index (χ0v) is 9.45. The van der Waals surface area contributed by atoms with Gasteiger partial charge in [0.05, 0.1) is 7.11 Å². The summed E-state index contributed by atoms with van der Waals surface area (Å²) in [4.78, 5) is 0. The molecule has 0 aromatic heterocycles. The Morgan fingerprint density at radius 2 is 2.00 bits per heavy atom. The molecule has 0 saturated heterocycles. The summed E-state index contributed by atoms with van der Waals surface area (Å²) in [6.45, 7) is 3.99. The molecule has 1 aromatic carbocycles. The van der Waals surface area contributed by atoms with Crippen LogP contribution in [0.2, 0.25) is 0 Å². The van der Waals surface area contributed by atoms with Crippen molar-refractivity contribution in [3.05, 3.63) is 23.8 Å². The molecule has 0 saturated carbocycles. The summed E-state index contributed by atoms with van der Waals surface area (Å²) in [5, 5.41) is 19.0. The Balaban J connectivity index is 2.95. The largest absolute Gasteiger partial charge is 0.504 e. The lowest BCUT2D eigenvalue weighted by molar-refractivity contribution is 0.158. The summed E-state index contributed by atoms with van der Waals surface area (Å²) in [5.41, 5.74) is 0.567. The predicted octanol–water partition coefficient (Wildman–Crippen LogP) is 1.96. The molecule has 1 rings (SSSR count). The fourth-order valence-corrected chi connectivity index (χ4v) is 1.45. The van der Waals surface area contributed by atoms with Crippen molar-refractivity contribution in [1.29, 1.82) is 0 Å². The van der Waals surface area contributed by atoms with Crippen LogP contribution >= 0.6 is 0 Å². The maximum absolute atomic E-state index is 9.84. The van der Waals surface area contributed by atoms with Crippen LogP contribution in [-0.4, -0.2) is 23.9 Å². The van der Waals surface area contributed by atoms with Gasteiger partial charge in [-0.2, -0.15) is 0 Å². The number of ether oxygens (including phenoxy) is 1. The van der Waals surface area contributed by atoms with Gasteiger partial charge in [-0.25, -0.2) is 0 Å². The molecule has 0 fully saturated rings. The molecule has 1 aromatic rings. The Labute approximate surface area is 90.3 Å². The summed E-state index contributed by atoms with van der Waals surface area (Å²) in [6, 6.07) is 5.39. The second-order valence-corrected chi connectivity index (χ2v) is 4.47. The minimum absolute atomic E-state index is 0.0870. The first-order chi connectivity index (χ1) is 7.00. The quantitative estimate of drug-likeness (QED) is 0.798. The summed E-state index contributed by atoms with van der Waals surface area (Å²) in [5.74, 6) is 0.641. The van der Waals surface area contributed by atoms with Crippen molar-refractivity contribution in [2.24, 2.45) is 5.41 Å². The fourth-order valence-electron chi connectivity index (χ4n) is 1.45. The third kappa shape index (κ3) is 2.86. The second kappa shape index (κ2) is 4.53. The summed E-state index contributed by atoms with van der Waals surface area (Å²) in [6.07, 6.45) is 0.618. The van der Waals surface area contributed by atoms with Gasteiger partial charge in [0.1, 0.15) is 0 Å². The summed E-state index contributed by atoms with van der Waals surface area (Å²) >= 11 is 0. The van der Waals surface area contributed by atoms with Crippen molar-refractivity contribution in [3.63, 3.8) is 0 Å². The molecule has 0 radical (unpaired) electrons. The Bertz CT molecular complexity index is 332. The topological polar surface area (TPSA) is 49.7 Å². The van der Waals surface area contributed by atoms with E-state index in [1.54, 1.807) is 6.07 Å². The molecule has 0 aliphatic carbocycles. The monoisotopic (exact) mass is 210 g/mol. The Hall–Kier alpha value is -1.22. The van der Waals surface area contributed by atoms with Crippen molar-refractivity contribution in [1.82, 2.24) is 0 Å². The SMILES string of the molecule is COc1cccc(CC(C)(C)CO)c1O. The first kappa shape index (κ1) is 11.9. The average Bonchev–Trinajstić information content (AvgIpc) is 2.21. The van der Waals surface area contributed by atoms with Crippen LogP contribution in [0.4, 0.5) is 0 Å². The van der Waals surface area contributed by atoms with Gasteiger partial charge in [0.2, 0.25) is 0 Å². The standard InChI is InChI=1S/C12H18O3/c1-12(2,8-13)7-9-5-4-6-10(15-3)11(9)14/h4-6,13-14H,7-8H2,1-3H3. The van der Waals surface area contributed by atoms with E-state index in [9.17, 15) is 5.11 Å². The van der Waals surface area contributed by atoms with E-state index >= 15 is 0 Å². The highest BCUT2D eigenvalue weighted by atomic mass is 16.5. The van der Waals surface area contributed by atoms with Gasteiger partial charge in [0.15, 0.2) is 11.5 Å². The normalized spacial score (nSPS) is 11.5. The molecule has 0 spiro atoms. The fraction of sp³-hybridized carbons (Fsp3) is 0.500. The van der Waals surface area contributed by atoms with Crippen LogP contribution in [-0.2, 0) is 6.42 Å². The number of rotatable bonds is 4. The third-order valence-corrected chi connectivity index (χ3v) is 2.40. The van der Waals surface area contributed by atoms with Crippen molar-refractivity contribution < 1.29 is 14.9 Å². The van der Waals surface area contributed by atoms with Gasteiger partial charge in [0.25, 0.3) is 0 Å². The van der Waals surface area contributed by atoms with Crippen LogP contribution in [0.5, 0.6) is 11.5 Å². The van der Waals surface area contributed by atoms with Gasteiger partial charge < -0.3 is 14.9 Å². The van der Waals surface area contributed by atoms with E-state index in [0.29, 0.717) is 12.2 Å². The number of hydrogen-bond acceptors (Lipinski definition) is 3. The minimum Gasteiger partial charge on any atom is -0.504 e. The van der Waals surface area contributed by atoms with Crippen LogP contribution in [0.3, 0.4) is 0 Å². The van der Waals surface area contributed by atoms with Gasteiger partial charge in [-0.1, -0.05) is 26.0 Å². The number of phenolic OH excluding ortho intramolecular Hbond substituents is 1. The lowest BCUT2D eigenvalue weighted by atomic mass is 9.86. The number of para-hydroxylation sites is 1. The van der Waals surface area contributed by atoms with Gasteiger partial charge in [-0.05, 0) is 23.5 Å². The number of aromatic hydroxyl groups is 1. The molecule has 0 bridgehead atoms. The van der Waals surface area contributed by atoms with Crippen molar-refractivity contribution >= 4 is 0 Å². The summed E-state index contributed by atoms with van der Waals surface area (Å²) < 4.78 is 5.02. The second-order valence-electron chi connectivity index (χ2n) is 4.47. The van der Waals surface area contributed by atoms with E-state index in [4.69, 9.17) is 9.84 Å². The molecule has 0 amide bonds. The molecular weight excluding hydrogens is 192 g/mol. The number of aliphatic hydroxyl groups excluding tert-OH is 1. The molecule has 0 heterocycles. The highest BCUT2D eigenvalue weighted by molar-refractivity contribution is 5.45. The van der Waals surface area contributed by atoms with Crippen LogP contribution in [0.25, 0.3) is 0 Å². The molecule has 0 aliphatic rings. The van der Waals surface area contributed by atoms with Crippen molar-refractivity contribution in [2.45, 2.75) is 20.3 Å². The first-order valence-corrected chi connectivity index (χ1v) is 4.96. The Morgan fingerprint density at radius 1 is 1.33 bits per heavy atom. The summed E-state index contributed by atoms with van der Waals surface area (Å²) in [7, 11) is 1.52. The molecule has 0 atom stereocenters. The highest BCUT2D eigenvalue weighted by Gasteiger charge is 2.20. The van der Waals surface area contributed by atoms with Crippen molar-refractivity contribution in [2.75, 3.05) is 13.7 Å². The van der Waals surface area contributed by atoms with Crippen LogP contribution in [0.15, 0.2) is 18.2 Å². The molecule has 0 unspecified atom stereocenters. The Morgan fingerprint density at radius 3 is 2.53 bits per heavy atom. The zero-order chi connectivity index (χ0) is 11.5. The molecular formula is C12H18O3. The van der Waals surface area contributed by atoms with Crippen LogP contribution in [0.1, 0.15) is 19.4 Å². The van der Waals surface area contributed by atoms with Gasteiger partial charge in [-0.3, -0.25) is 0 Å². The van der Waals surface area contributed by atoms with Gasteiger partial charge >= 0.3 is 0 Å². The van der Waals surface area contributed by atoms with Crippen LogP contribution in [0, 0.1) is 5.41 Å². The molecule has 15 heavy (non-hydrogen) atoms. The number of aliphatic hydroxyl groups is 1. The molecule has 3 heteroatoms. The third-order valence-electron chi connectivity index (χ3n) is 2.40. The smallest absolute Gasteiger partial charge is 0.160 e. The van der Waals surface area contributed by atoms with E-state index in [2.05, 4.69) is 0 Å². The van der Waals surface area contributed by atoms with Gasteiger partial charge in [-0.15, -0.1) is 0 Å². The van der Waals surface area contributed by atoms with E-state index in [-0.39, 0.29) is 17.8 Å². The number of benzene rings is 1. The van der Waals surface area contributed by atoms with E-state index in [1.807, 2.05) is 26.0 Å². The van der Waals surface area contributed by atoms with Crippen molar-refractivity contribution in [3.8, 4) is 11.5 Å². The maximum Gasteiger partial charge on any atom is 0.160 e. The first-order valence-electron chi connectivity index (χ1n) is 4.96. The minimum atomic E-state index is -0.232. The zero-order valence-electron chi connectivity index (χ0n) is 9.45. The van der Waals surface area contributed by atoms with E-state index in [0.717, 1.165) is 5.56 Å². The lowest BCUT2D eigenvalue weighted by Gasteiger charge is -2.22. The number of phenols is 1.